The first-order chi connectivity index (χ1) is 8.11. The Morgan fingerprint density at radius 1 is 1.53 bits per heavy atom. The number of nitrogens with zero attached hydrogens (tertiary/aromatic N) is 1. The van der Waals surface area contributed by atoms with Crippen LogP contribution >= 0.6 is 27.3 Å². The van der Waals surface area contributed by atoms with E-state index in [0.29, 0.717) is 22.1 Å². The SMILES string of the molecule is COc1ccc(Br)cc1C(=O)c1csc(N)n1. The molecule has 0 atom stereocenters. The summed E-state index contributed by atoms with van der Waals surface area (Å²) in [5.74, 6) is 0.320. The maximum Gasteiger partial charge on any atom is 0.216 e. The molecule has 0 spiro atoms. The molecule has 88 valence electrons. The summed E-state index contributed by atoms with van der Waals surface area (Å²) in [7, 11) is 1.52. The highest BCUT2D eigenvalue weighted by atomic mass is 79.9. The standard InChI is InChI=1S/C11H9BrN2O2S/c1-16-9-3-2-6(12)4-7(9)10(15)8-5-17-11(13)14-8/h2-5H,1H3,(H2,13,14). The Morgan fingerprint density at radius 3 is 2.88 bits per heavy atom. The van der Waals surface area contributed by atoms with E-state index in [4.69, 9.17) is 10.5 Å². The highest BCUT2D eigenvalue weighted by Gasteiger charge is 2.17. The molecule has 1 aromatic heterocycles. The Labute approximate surface area is 111 Å². The van der Waals surface area contributed by atoms with Crippen molar-refractivity contribution < 1.29 is 9.53 Å². The summed E-state index contributed by atoms with van der Waals surface area (Å²) in [5, 5.41) is 2.01. The van der Waals surface area contributed by atoms with Crippen LogP contribution in [0.5, 0.6) is 5.75 Å². The number of benzene rings is 1. The molecule has 1 heterocycles. The number of carbonyl (C=O) groups is 1. The van der Waals surface area contributed by atoms with E-state index in [1.165, 1.54) is 18.4 Å². The van der Waals surface area contributed by atoms with Crippen molar-refractivity contribution in [2.75, 3.05) is 12.8 Å². The fraction of sp³-hybridized carbons (Fsp3) is 0.0909. The van der Waals surface area contributed by atoms with Crippen LogP contribution in [0.15, 0.2) is 28.1 Å². The number of nitrogen functional groups attached to an aromatic ring is 1. The van der Waals surface area contributed by atoms with E-state index in [1.54, 1.807) is 17.5 Å². The number of aromatic nitrogens is 1. The van der Waals surface area contributed by atoms with E-state index >= 15 is 0 Å². The Morgan fingerprint density at radius 2 is 2.29 bits per heavy atom. The van der Waals surface area contributed by atoms with Crippen molar-refractivity contribution in [2.24, 2.45) is 0 Å². The molecule has 0 radical (unpaired) electrons. The van der Waals surface area contributed by atoms with E-state index in [9.17, 15) is 4.79 Å². The minimum atomic E-state index is -0.198. The molecule has 0 bridgehead atoms. The maximum atomic E-state index is 12.2. The Kier molecular flexibility index (Phi) is 3.44. The van der Waals surface area contributed by atoms with Crippen LogP contribution in [0.2, 0.25) is 0 Å². The number of hydrogen-bond donors (Lipinski definition) is 1. The molecule has 0 amide bonds. The van der Waals surface area contributed by atoms with E-state index in [0.717, 1.165) is 4.47 Å². The van der Waals surface area contributed by atoms with E-state index in [1.807, 2.05) is 6.07 Å². The summed E-state index contributed by atoms with van der Waals surface area (Å²) in [6, 6.07) is 5.24. The zero-order valence-electron chi connectivity index (χ0n) is 8.94. The number of anilines is 1. The highest BCUT2D eigenvalue weighted by Crippen LogP contribution is 2.26. The molecule has 0 saturated carbocycles. The Hall–Kier alpha value is -1.40. The van der Waals surface area contributed by atoms with Crippen LogP contribution in [0.3, 0.4) is 0 Å². The number of thiazole rings is 1. The van der Waals surface area contributed by atoms with Gasteiger partial charge in [0, 0.05) is 9.85 Å². The quantitative estimate of drug-likeness (QED) is 0.885. The lowest BCUT2D eigenvalue weighted by Crippen LogP contribution is -2.04. The molecule has 0 aliphatic rings. The van der Waals surface area contributed by atoms with Gasteiger partial charge in [0.2, 0.25) is 5.78 Å². The second kappa shape index (κ2) is 4.85. The number of methoxy groups -OCH3 is 1. The van der Waals surface area contributed by atoms with Gasteiger partial charge in [-0.05, 0) is 18.2 Å². The van der Waals surface area contributed by atoms with E-state index in [-0.39, 0.29) is 5.78 Å². The zero-order valence-corrected chi connectivity index (χ0v) is 11.3. The van der Waals surface area contributed by atoms with Crippen LogP contribution < -0.4 is 10.5 Å². The van der Waals surface area contributed by atoms with Crippen molar-refractivity contribution in [3.05, 3.63) is 39.3 Å². The Balaban J connectivity index is 2.46. The molecule has 0 aliphatic heterocycles. The van der Waals surface area contributed by atoms with Crippen LogP contribution in [-0.2, 0) is 0 Å². The normalized spacial score (nSPS) is 10.2. The average Bonchev–Trinajstić information content (AvgIpc) is 2.75. The second-order valence-electron chi connectivity index (χ2n) is 3.24. The first-order valence-corrected chi connectivity index (χ1v) is 6.38. The lowest BCUT2D eigenvalue weighted by atomic mass is 10.1. The average molecular weight is 313 g/mol. The van der Waals surface area contributed by atoms with Gasteiger partial charge in [-0.15, -0.1) is 11.3 Å². The second-order valence-corrected chi connectivity index (χ2v) is 5.05. The van der Waals surface area contributed by atoms with Gasteiger partial charge >= 0.3 is 0 Å². The molecular weight excluding hydrogens is 304 g/mol. The van der Waals surface area contributed by atoms with Crippen molar-refractivity contribution >= 4 is 38.2 Å². The predicted octanol–water partition coefficient (Wildman–Crippen LogP) is 2.73. The Bertz CT molecular complexity index is 568. The van der Waals surface area contributed by atoms with Crippen molar-refractivity contribution in [3.63, 3.8) is 0 Å². The number of rotatable bonds is 3. The summed E-state index contributed by atoms with van der Waals surface area (Å²) >= 11 is 4.56. The van der Waals surface area contributed by atoms with Gasteiger partial charge in [0.1, 0.15) is 11.4 Å². The number of hydrogen-bond acceptors (Lipinski definition) is 5. The first kappa shape index (κ1) is 12.1. The number of ketones is 1. The van der Waals surface area contributed by atoms with Crippen LogP contribution in [0.4, 0.5) is 5.13 Å². The lowest BCUT2D eigenvalue weighted by molar-refractivity contribution is 0.103. The van der Waals surface area contributed by atoms with Crippen molar-refractivity contribution in [3.8, 4) is 5.75 Å². The summed E-state index contributed by atoms with van der Waals surface area (Å²) in [5.41, 5.74) is 6.31. The van der Waals surface area contributed by atoms with E-state index < -0.39 is 0 Å². The molecule has 2 N–H and O–H groups in total. The molecule has 1 aromatic carbocycles. The van der Waals surface area contributed by atoms with Gasteiger partial charge in [-0.1, -0.05) is 15.9 Å². The molecule has 4 nitrogen and oxygen atoms in total. The summed E-state index contributed by atoms with van der Waals surface area (Å²) in [6.07, 6.45) is 0. The molecule has 0 fully saturated rings. The van der Waals surface area contributed by atoms with Gasteiger partial charge in [0.15, 0.2) is 5.13 Å². The largest absolute Gasteiger partial charge is 0.496 e. The van der Waals surface area contributed by atoms with Crippen molar-refractivity contribution in [2.45, 2.75) is 0 Å². The van der Waals surface area contributed by atoms with Crippen molar-refractivity contribution in [1.82, 2.24) is 4.98 Å². The molecule has 2 aromatic rings. The molecule has 0 unspecified atom stereocenters. The first-order valence-electron chi connectivity index (χ1n) is 4.71. The number of ether oxygens (including phenoxy) is 1. The van der Waals surface area contributed by atoms with Crippen LogP contribution in [0.25, 0.3) is 0 Å². The summed E-state index contributed by atoms with van der Waals surface area (Å²) < 4.78 is 5.96. The lowest BCUT2D eigenvalue weighted by Gasteiger charge is -2.06. The van der Waals surface area contributed by atoms with Crippen molar-refractivity contribution in [1.29, 1.82) is 0 Å². The highest BCUT2D eigenvalue weighted by molar-refractivity contribution is 9.10. The predicted molar refractivity (Wildman–Crippen MR) is 70.7 cm³/mol. The van der Waals surface area contributed by atoms with Gasteiger partial charge in [0.25, 0.3) is 0 Å². The van der Waals surface area contributed by atoms with Crippen LogP contribution in [0, 0.1) is 0 Å². The van der Waals surface area contributed by atoms with Crippen LogP contribution in [0.1, 0.15) is 16.1 Å². The fourth-order valence-electron chi connectivity index (χ4n) is 1.39. The van der Waals surface area contributed by atoms with Gasteiger partial charge < -0.3 is 10.5 Å². The van der Waals surface area contributed by atoms with Gasteiger partial charge in [-0.2, -0.15) is 0 Å². The number of halogens is 1. The molecule has 0 saturated heterocycles. The monoisotopic (exact) mass is 312 g/mol. The van der Waals surface area contributed by atoms with Crippen LogP contribution in [-0.4, -0.2) is 17.9 Å². The minimum Gasteiger partial charge on any atom is -0.496 e. The molecule has 2 rings (SSSR count). The van der Waals surface area contributed by atoms with Gasteiger partial charge in [-0.3, -0.25) is 4.79 Å². The zero-order chi connectivity index (χ0) is 12.4. The topological polar surface area (TPSA) is 65.2 Å². The van der Waals surface area contributed by atoms with Gasteiger partial charge in [-0.25, -0.2) is 4.98 Å². The van der Waals surface area contributed by atoms with Gasteiger partial charge in [0.05, 0.1) is 12.7 Å². The third-order valence-corrected chi connectivity index (χ3v) is 3.33. The third kappa shape index (κ3) is 2.48. The summed E-state index contributed by atoms with van der Waals surface area (Å²) in [4.78, 5) is 16.1. The molecular formula is C11H9BrN2O2S. The number of nitrogens with two attached hydrogens (primary N) is 1. The fourth-order valence-corrected chi connectivity index (χ4v) is 2.29. The summed E-state index contributed by atoms with van der Waals surface area (Å²) in [6.45, 7) is 0. The molecule has 17 heavy (non-hydrogen) atoms. The smallest absolute Gasteiger partial charge is 0.216 e. The molecule has 0 aliphatic carbocycles. The van der Waals surface area contributed by atoms with E-state index in [2.05, 4.69) is 20.9 Å². The maximum absolute atomic E-state index is 12.2. The third-order valence-electron chi connectivity index (χ3n) is 2.16. The minimum absolute atomic E-state index is 0.198. The number of carbonyl (C=O) groups excluding carboxylic acids is 1. The molecule has 6 heteroatoms.